The predicted octanol–water partition coefficient (Wildman–Crippen LogP) is -5.76. The first kappa shape index (κ1) is 23.4. The third-order valence-electron chi connectivity index (χ3n) is 0. The third-order valence-corrected chi connectivity index (χ3v) is 0. The Labute approximate surface area is 134 Å². The van der Waals surface area contributed by atoms with Crippen LogP contribution < -0.4 is 13.7 Å². The minimum Gasteiger partial charge on any atom is 2.00 e. The molecule has 0 aromatic carbocycles. The van der Waals surface area contributed by atoms with E-state index in [1.165, 1.54) is 0 Å². The molecule has 0 spiro atoms. The Kier molecular flexibility index (Phi) is 42.9. The average Bonchev–Trinajstić information content (AvgIpc) is 1.25. The Morgan fingerprint density at radius 3 is 1.20 bits per heavy atom. The third kappa shape index (κ3) is 103. The van der Waals surface area contributed by atoms with Crippen LogP contribution in [0.1, 0.15) is 0 Å². The second kappa shape index (κ2) is 18.3. The van der Waals surface area contributed by atoms with Crippen LogP contribution in [0.25, 0.3) is 0 Å². The van der Waals surface area contributed by atoms with Crippen LogP contribution in [0.3, 0.4) is 0 Å². The van der Waals surface area contributed by atoms with Gasteiger partial charge in [0.05, 0.1) is 0 Å². The molecule has 0 amide bonds. The van der Waals surface area contributed by atoms with E-state index in [0.717, 1.165) is 0 Å². The molecule has 0 aromatic heterocycles. The summed E-state index contributed by atoms with van der Waals surface area (Å²) in [6, 6.07) is 0. The maximum atomic E-state index is 8.61. The zero-order chi connectivity index (χ0) is 7.15. The van der Waals surface area contributed by atoms with Crippen molar-refractivity contribution in [1.82, 2.24) is 0 Å². The molecular formula is BaO6PbTiZr. The van der Waals surface area contributed by atoms with Gasteiger partial charge < -0.3 is 0 Å². The Balaban J connectivity index is -0.0000000300. The van der Waals surface area contributed by atoms with Gasteiger partial charge in [0.25, 0.3) is 0 Å². The Bertz CT molecular complexity index is 75.7. The van der Waals surface area contributed by atoms with Gasteiger partial charge in [-0.2, -0.15) is 0 Å². The molecule has 0 atom stereocenters. The van der Waals surface area contributed by atoms with Crippen molar-refractivity contribution in [1.29, 1.82) is 0 Å². The van der Waals surface area contributed by atoms with Crippen LogP contribution in [0.2, 0.25) is 0 Å². The van der Waals surface area contributed by atoms with Gasteiger partial charge in [0.15, 0.2) is 0 Å². The average molecular weight is 580 g/mol. The van der Waals surface area contributed by atoms with Gasteiger partial charge in [-0.1, -0.05) is 0 Å². The molecule has 0 heterocycles. The first-order valence-electron chi connectivity index (χ1n) is 1.22. The summed E-state index contributed by atoms with van der Waals surface area (Å²) in [7, 11) is 0. The minimum atomic E-state index is -4.29. The standard InChI is InChI=1S/Ba.6O.Pb.Ti.Zr/q+2;;;4*-1;+2;;. The fraction of sp³-hybridized carbons (Fsp3) is 0. The van der Waals surface area contributed by atoms with Crippen LogP contribution in [0.5, 0.6) is 0 Å². The van der Waals surface area contributed by atoms with Crippen molar-refractivity contribution >= 4 is 76.2 Å². The van der Waals surface area contributed by atoms with Crippen LogP contribution in [0.4, 0.5) is 0 Å². The maximum Gasteiger partial charge on any atom is 2.00 e. The second-order valence-electron chi connectivity index (χ2n) is 0.500. The molecule has 10 heavy (non-hydrogen) atoms. The summed E-state index contributed by atoms with van der Waals surface area (Å²) in [6.07, 6.45) is 0. The summed E-state index contributed by atoms with van der Waals surface area (Å²) in [6.45, 7) is 0. The molecule has 0 N–H and O–H groups in total. The molecule has 50 valence electrons. The van der Waals surface area contributed by atoms with Crippen LogP contribution in [-0.4, -0.2) is 76.2 Å². The first-order chi connectivity index (χ1) is 3.46. The van der Waals surface area contributed by atoms with Crippen molar-refractivity contribution in [3.8, 4) is 0 Å². The van der Waals surface area contributed by atoms with Gasteiger partial charge in [-0.15, -0.1) is 0 Å². The van der Waals surface area contributed by atoms with E-state index in [-0.39, 0.29) is 76.2 Å². The van der Waals surface area contributed by atoms with Crippen molar-refractivity contribution in [2.45, 2.75) is 0 Å². The second-order valence-corrected chi connectivity index (χ2v) is 2.51. The van der Waals surface area contributed by atoms with Gasteiger partial charge in [-0.25, -0.2) is 0 Å². The van der Waals surface area contributed by atoms with E-state index in [1.807, 2.05) is 0 Å². The quantitative estimate of drug-likeness (QED) is 0.264. The van der Waals surface area contributed by atoms with Gasteiger partial charge in [0.1, 0.15) is 0 Å². The van der Waals surface area contributed by atoms with Crippen molar-refractivity contribution in [2.24, 2.45) is 0 Å². The summed E-state index contributed by atoms with van der Waals surface area (Å²) in [4.78, 5) is 0. The van der Waals surface area contributed by atoms with Gasteiger partial charge in [-0.05, 0) is 0 Å². The van der Waals surface area contributed by atoms with E-state index >= 15 is 0 Å². The van der Waals surface area contributed by atoms with E-state index in [4.69, 9.17) is 19.9 Å². The zero-order valence-electron chi connectivity index (χ0n) is 4.66. The van der Waals surface area contributed by atoms with Gasteiger partial charge >= 0.3 is 137 Å². The van der Waals surface area contributed by atoms with Crippen LogP contribution in [0.15, 0.2) is 0 Å². The molecule has 0 bridgehead atoms. The van der Waals surface area contributed by atoms with Crippen LogP contribution in [-0.2, 0) is 47.4 Å². The Morgan fingerprint density at radius 2 is 1.20 bits per heavy atom. The number of rotatable bonds is 0. The molecule has 0 aliphatic heterocycles. The monoisotopic (exact) mass is 580 g/mol. The molecule has 0 aliphatic carbocycles. The van der Waals surface area contributed by atoms with Crippen LogP contribution in [0, 0.1) is 0 Å². The van der Waals surface area contributed by atoms with Crippen molar-refractivity contribution in [3.05, 3.63) is 0 Å². The topological polar surface area (TPSA) is 126 Å². The number of hydrogen-bond acceptors (Lipinski definition) is 6. The fourth-order valence-corrected chi connectivity index (χ4v) is 0. The molecule has 0 rings (SSSR count). The molecule has 6 nitrogen and oxygen atoms in total. The van der Waals surface area contributed by atoms with Crippen molar-refractivity contribution < 1.29 is 61.1 Å². The molecule has 0 saturated carbocycles. The summed E-state index contributed by atoms with van der Waals surface area (Å²) >= 11 is -8.38. The predicted molar refractivity (Wildman–Crippen MR) is 12.9 cm³/mol. The smallest absolute Gasteiger partial charge is 2.00 e. The summed E-state index contributed by atoms with van der Waals surface area (Å²) in [5.74, 6) is 0. The van der Waals surface area contributed by atoms with Crippen molar-refractivity contribution in [3.63, 3.8) is 0 Å². The zero-order valence-corrected chi connectivity index (χ0v) is 17.0. The van der Waals surface area contributed by atoms with E-state index < -0.39 is 41.3 Å². The molecule has 0 saturated heterocycles. The largest absolute Gasteiger partial charge is 2.00 e. The van der Waals surface area contributed by atoms with Gasteiger partial charge in [0.2, 0.25) is 0 Å². The summed E-state index contributed by atoms with van der Waals surface area (Å²) in [5.41, 5.74) is 0. The van der Waals surface area contributed by atoms with E-state index in [0.29, 0.717) is 0 Å². The number of hydrogen-bond donors (Lipinski definition) is 0. The van der Waals surface area contributed by atoms with Crippen molar-refractivity contribution in [2.75, 3.05) is 0 Å². The Hall–Kier alpha value is 3.53. The van der Waals surface area contributed by atoms with Gasteiger partial charge in [-0.3, -0.25) is 0 Å². The fourth-order valence-electron chi connectivity index (χ4n) is 0. The molecule has 0 aliphatic rings. The summed E-state index contributed by atoms with van der Waals surface area (Å²) in [5, 5.41) is 0. The SMILES string of the molecule is [Ba+2].[O]=[Ti]([O-])[O-].[O]=[Zr]([O-])[O-].[Pb+2]. The molecule has 0 fully saturated rings. The summed E-state index contributed by atoms with van der Waals surface area (Å²) < 4.78 is 51.6. The molecule has 0 unspecified atom stereocenters. The van der Waals surface area contributed by atoms with Crippen LogP contribution >= 0.6 is 0 Å². The molecule has 10 heteroatoms. The first-order valence-corrected chi connectivity index (χ1v) is 6.15. The van der Waals surface area contributed by atoms with Gasteiger partial charge in [0, 0.05) is 0 Å². The Morgan fingerprint density at radius 1 is 1.20 bits per heavy atom. The minimum absolute atomic E-state index is 0. The van der Waals surface area contributed by atoms with E-state index in [1.54, 1.807) is 0 Å². The van der Waals surface area contributed by atoms with E-state index in [2.05, 4.69) is 0 Å². The molecule has 0 aromatic rings. The molecule has 2 radical (unpaired) electrons. The molecular weight excluding hydrogens is 580 g/mol. The normalized spacial score (nSPS) is 5.20. The maximum absolute atomic E-state index is 8.61. The van der Waals surface area contributed by atoms with E-state index in [9.17, 15) is 0 Å².